The average Bonchev–Trinajstić information content (AvgIpc) is 3.30. The molecule has 0 aliphatic carbocycles. The molecule has 1 aromatic carbocycles. The van der Waals surface area contributed by atoms with Crippen molar-refractivity contribution in [1.29, 1.82) is 0 Å². The van der Waals surface area contributed by atoms with Gasteiger partial charge in [-0.2, -0.15) is 0 Å². The Kier molecular flexibility index (Phi) is 4.53. The van der Waals surface area contributed by atoms with Gasteiger partial charge in [-0.05, 0) is 54.4 Å². The molecule has 4 aromatic rings. The zero-order valence-electron chi connectivity index (χ0n) is 12.5. The van der Waals surface area contributed by atoms with E-state index in [2.05, 4.69) is 53.9 Å². The zero-order chi connectivity index (χ0) is 16.5. The summed E-state index contributed by atoms with van der Waals surface area (Å²) in [7, 11) is 0. The largest absolute Gasteiger partial charge is 0.269 e. The van der Waals surface area contributed by atoms with Gasteiger partial charge >= 0.3 is 0 Å². The Hall–Kier alpha value is -1.48. The first-order valence-corrected chi connectivity index (χ1v) is 10.4. The second-order valence-corrected chi connectivity index (χ2v) is 8.89. The van der Waals surface area contributed by atoms with Gasteiger partial charge in [0.1, 0.15) is 0 Å². The van der Waals surface area contributed by atoms with Gasteiger partial charge in [-0.3, -0.25) is 4.57 Å². The number of aromatic nitrogens is 4. The maximum Gasteiger partial charge on any atom is 0.203 e. The Balaban J connectivity index is 1.83. The van der Waals surface area contributed by atoms with Crippen LogP contribution in [-0.2, 0) is 0 Å². The highest BCUT2D eigenvalue weighted by Gasteiger charge is 2.18. The molecule has 0 spiro atoms. The minimum Gasteiger partial charge on any atom is -0.269 e. The van der Waals surface area contributed by atoms with E-state index in [-0.39, 0.29) is 0 Å². The lowest BCUT2D eigenvalue weighted by Gasteiger charge is -2.08. The number of aryl methyl sites for hydroxylation is 1. The predicted molar refractivity (Wildman–Crippen MR) is 103 cm³/mol. The van der Waals surface area contributed by atoms with Gasteiger partial charge in [0, 0.05) is 21.2 Å². The van der Waals surface area contributed by atoms with E-state index < -0.39 is 0 Å². The van der Waals surface area contributed by atoms with Gasteiger partial charge in [-0.1, -0.05) is 22.0 Å². The minimum absolute atomic E-state index is 0.815. The molecule has 0 N–H and O–H groups in total. The quantitative estimate of drug-likeness (QED) is 0.414. The fourth-order valence-corrected chi connectivity index (χ4v) is 4.94. The van der Waals surface area contributed by atoms with Crippen LogP contribution in [0.15, 0.2) is 61.1 Å². The first-order valence-electron chi connectivity index (χ1n) is 7.06. The Bertz CT molecular complexity index is 958. The molecule has 0 aliphatic heterocycles. The topological polar surface area (TPSA) is 43.6 Å². The van der Waals surface area contributed by atoms with Crippen molar-refractivity contribution < 1.29 is 0 Å². The second kappa shape index (κ2) is 6.79. The van der Waals surface area contributed by atoms with Crippen LogP contribution in [0.2, 0.25) is 0 Å². The number of hydrogen-bond acceptors (Lipinski definition) is 6. The standard InChI is InChI=1S/C16H11BrN4S3/c1-10-9-23-16(18-10)24-15-20-19-14(13-3-2-8-22-13)21(15)12-6-4-11(17)5-7-12/h2-9H,1H3. The number of halogens is 1. The van der Waals surface area contributed by atoms with Crippen LogP contribution in [0.1, 0.15) is 5.69 Å². The van der Waals surface area contributed by atoms with E-state index in [1.54, 1.807) is 34.4 Å². The van der Waals surface area contributed by atoms with Gasteiger partial charge in [0.25, 0.3) is 0 Å². The molecule has 0 bridgehead atoms. The van der Waals surface area contributed by atoms with Gasteiger partial charge < -0.3 is 0 Å². The van der Waals surface area contributed by atoms with Crippen LogP contribution in [0.3, 0.4) is 0 Å². The molecule has 0 fully saturated rings. The summed E-state index contributed by atoms with van der Waals surface area (Å²) in [6, 6.07) is 12.2. The highest BCUT2D eigenvalue weighted by Crippen LogP contribution is 2.35. The number of thiophene rings is 1. The Morgan fingerprint density at radius 3 is 2.58 bits per heavy atom. The second-order valence-electron chi connectivity index (χ2n) is 4.95. The summed E-state index contributed by atoms with van der Waals surface area (Å²) in [5.74, 6) is 0.850. The SMILES string of the molecule is Cc1csc(Sc2nnc(-c3cccs3)n2-c2ccc(Br)cc2)n1. The summed E-state index contributed by atoms with van der Waals surface area (Å²) in [6.07, 6.45) is 0. The third-order valence-corrected chi connectivity index (χ3v) is 6.63. The van der Waals surface area contributed by atoms with Crippen LogP contribution in [-0.4, -0.2) is 19.7 Å². The summed E-state index contributed by atoms with van der Waals surface area (Å²) >= 11 is 8.31. The molecule has 0 unspecified atom stereocenters. The van der Waals surface area contributed by atoms with Crippen LogP contribution in [0.4, 0.5) is 0 Å². The maximum absolute atomic E-state index is 4.52. The van der Waals surface area contributed by atoms with Gasteiger partial charge in [0.2, 0.25) is 5.16 Å². The molecule has 0 radical (unpaired) electrons. The van der Waals surface area contributed by atoms with E-state index in [1.165, 1.54) is 0 Å². The van der Waals surface area contributed by atoms with Crippen LogP contribution in [0.25, 0.3) is 16.4 Å². The smallest absolute Gasteiger partial charge is 0.203 e. The van der Waals surface area contributed by atoms with E-state index in [0.29, 0.717) is 0 Å². The first kappa shape index (κ1) is 16.0. The van der Waals surface area contributed by atoms with Gasteiger partial charge in [-0.25, -0.2) is 4.98 Å². The highest BCUT2D eigenvalue weighted by molar-refractivity contribution is 9.10. The van der Waals surface area contributed by atoms with Crippen LogP contribution in [0.5, 0.6) is 0 Å². The predicted octanol–water partition coefficient (Wildman–Crippen LogP) is 5.67. The summed E-state index contributed by atoms with van der Waals surface area (Å²) < 4.78 is 4.09. The molecular formula is C16H11BrN4S3. The molecule has 0 atom stereocenters. The van der Waals surface area contributed by atoms with E-state index >= 15 is 0 Å². The number of benzene rings is 1. The Labute approximate surface area is 159 Å². The van der Waals surface area contributed by atoms with E-state index in [9.17, 15) is 0 Å². The number of thiazole rings is 1. The van der Waals surface area contributed by atoms with Crippen molar-refractivity contribution >= 4 is 50.4 Å². The van der Waals surface area contributed by atoms with Crippen molar-refractivity contribution in [2.45, 2.75) is 16.4 Å². The van der Waals surface area contributed by atoms with Crippen LogP contribution in [0, 0.1) is 6.92 Å². The minimum atomic E-state index is 0.815. The molecule has 3 aromatic heterocycles. The zero-order valence-corrected chi connectivity index (χ0v) is 16.5. The lowest BCUT2D eigenvalue weighted by Crippen LogP contribution is -1.98. The first-order chi connectivity index (χ1) is 11.7. The lowest BCUT2D eigenvalue weighted by atomic mass is 10.3. The van der Waals surface area contributed by atoms with Crippen molar-refractivity contribution in [2.24, 2.45) is 0 Å². The van der Waals surface area contributed by atoms with E-state index in [1.807, 2.05) is 35.9 Å². The maximum atomic E-state index is 4.52. The molecule has 24 heavy (non-hydrogen) atoms. The number of rotatable bonds is 4. The lowest BCUT2D eigenvalue weighted by molar-refractivity contribution is 0.885. The normalized spacial score (nSPS) is 11.1. The van der Waals surface area contributed by atoms with Gasteiger partial charge in [0.15, 0.2) is 10.2 Å². The molecule has 120 valence electrons. The molecule has 4 nitrogen and oxygen atoms in total. The van der Waals surface area contributed by atoms with Gasteiger partial charge in [-0.15, -0.1) is 32.9 Å². The third-order valence-electron chi connectivity index (χ3n) is 3.24. The Morgan fingerprint density at radius 1 is 1.08 bits per heavy atom. The molecule has 8 heteroatoms. The molecule has 0 aliphatic rings. The van der Waals surface area contributed by atoms with Crippen LogP contribution >= 0.6 is 50.4 Å². The highest BCUT2D eigenvalue weighted by atomic mass is 79.9. The number of hydrogen-bond donors (Lipinski definition) is 0. The fourth-order valence-electron chi connectivity index (χ4n) is 2.18. The van der Waals surface area contributed by atoms with Crippen molar-refractivity contribution in [1.82, 2.24) is 19.7 Å². The summed E-state index contributed by atoms with van der Waals surface area (Å²) in [6.45, 7) is 2.00. The fraction of sp³-hybridized carbons (Fsp3) is 0.0625. The number of nitrogens with zero attached hydrogens (tertiary/aromatic N) is 4. The molecule has 0 saturated heterocycles. The van der Waals surface area contributed by atoms with Crippen LogP contribution < -0.4 is 0 Å². The molecule has 4 rings (SSSR count). The summed E-state index contributed by atoms with van der Waals surface area (Å²) in [5.41, 5.74) is 2.05. The van der Waals surface area contributed by atoms with Crippen molar-refractivity contribution in [3.05, 3.63) is 57.3 Å². The molecule has 0 saturated carbocycles. The van der Waals surface area contributed by atoms with Gasteiger partial charge in [0.05, 0.1) is 4.88 Å². The third kappa shape index (κ3) is 3.19. The summed E-state index contributed by atoms with van der Waals surface area (Å²) in [5, 5.41) is 13.7. The van der Waals surface area contributed by atoms with E-state index in [0.717, 1.165) is 36.1 Å². The Morgan fingerprint density at radius 2 is 1.92 bits per heavy atom. The van der Waals surface area contributed by atoms with Crippen molar-refractivity contribution in [3.8, 4) is 16.4 Å². The molecular weight excluding hydrogens is 424 g/mol. The summed E-state index contributed by atoms with van der Waals surface area (Å²) in [4.78, 5) is 5.61. The van der Waals surface area contributed by atoms with Crippen molar-refractivity contribution in [3.63, 3.8) is 0 Å². The van der Waals surface area contributed by atoms with E-state index in [4.69, 9.17) is 0 Å². The molecule has 0 amide bonds. The average molecular weight is 435 g/mol. The molecule has 3 heterocycles. The monoisotopic (exact) mass is 434 g/mol. The van der Waals surface area contributed by atoms with Crippen molar-refractivity contribution in [2.75, 3.05) is 0 Å².